The average molecular weight is 230 g/mol. The van der Waals surface area contributed by atoms with Crippen LogP contribution < -0.4 is 29.6 Å². The van der Waals surface area contributed by atoms with Gasteiger partial charge in [0, 0.05) is 0 Å². The van der Waals surface area contributed by atoms with Gasteiger partial charge in [0.2, 0.25) is 0 Å². The van der Waals surface area contributed by atoms with E-state index >= 15 is 0 Å². The molecule has 0 aliphatic heterocycles. The van der Waals surface area contributed by atoms with E-state index < -0.39 is 15.1 Å². The van der Waals surface area contributed by atoms with E-state index in [9.17, 15) is 18.1 Å². The van der Waals surface area contributed by atoms with Gasteiger partial charge in [0.25, 0.3) is 0 Å². The fourth-order valence-electron chi connectivity index (χ4n) is 1.77. The Hall–Kier alpha value is 0.870. The van der Waals surface area contributed by atoms with Crippen LogP contribution in [0.1, 0.15) is 33.1 Å². The Morgan fingerprint density at radius 1 is 1.36 bits per heavy atom. The largest absolute Gasteiger partial charge is 1.00 e. The minimum atomic E-state index is -4.58. The van der Waals surface area contributed by atoms with Gasteiger partial charge in [-0.05, 0) is 31.1 Å². The van der Waals surface area contributed by atoms with Crippen molar-refractivity contribution >= 4 is 10.1 Å². The first-order chi connectivity index (χ1) is 5.76. The Labute approximate surface area is 107 Å². The molecule has 1 fully saturated rings. The van der Waals surface area contributed by atoms with Crippen molar-refractivity contribution in [2.45, 2.75) is 38.0 Å². The first-order valence-corrected chi connectivity index (χ1v) is 5.85. The molecular formula is C8H15NaO4S. The van der Waals surface area contributed by atoms with E-state index in [2.05, 4.69) is 0 Å². The molecule has 1 N–H and O–H groups in total. The van der Waals surface area contributed by atoms with Crippen molar-refractivity contribution in [1.82, 2.24) is 0 Å². The van der Waals surface area contributed by atoms with E-state index in [-0.39, 0.29) is 48.3 Å². The Bertz CT molecular complexity index is 290. The smallest absolute Gasteiger partial charge is 0.746 e. The van der Waals surface area contributed by atoms with Crippen molar-refractivity contribution in [1.29, 1.82) is 0 Å². The van der Waals surface area contributed by atoms with Gasteiger partial charge in [0.1, 0.15) is 10.1 Å². The average Bonchev–Trinajstić information content (AvgIpc) is 1.95. The molecule has 0 radical (unpaired) electrons. The molecule has 0 aromatic rings. The van der Waals surface area contributed by atoms with Gasteiger partial charge in [-0.25, -0.2) is 8.42 Å². The van der Waals surface area contributed by atoms with Gasteiger partial charge in [0.05, 0.1) is 0 Å². The molecule has 1 saturated carbocycles. The van der Waals surface area contributed by atoms with Crippen LogP contribution in [0.15, 0.2) is 0 Å². The van der Waals surface area contributed by atoms with Crippen molar-refractivity contribution in [3.63, 3.8) is 0 Å². The molecule has 1 rings (SSSR count). The summed E-state index contributed by atoms with van der Waals surface area (Å²) in [6.07, 6.45) is 0.740. The van der Waals surface area contributed by atoms with Crippen molar-refractivity contribution < 1.29 is 47.6 Å². The molecule has 0 saturated heterocycles. The van der Waals surface area contributed by atoms with Crippen molar-refractivity contribution in [3.8, 4) is 0 Å². The summed E-state index contributed by atoms with van der Waals surface area (Å²) in [5.74, 6) is 0.462. The summed E-state index contributed by atoms with van der Waals surface area (Å²) < 4.78 is 32.3. The summed E-state index contributed by atoms with van der Waals surface area (Å²) in [6, 6.07) is 0. The minimum Gasteiger partial charge on any atom is -0.746 e. The van der Waals surface area contributed by atoms with Crippen LogP contribution in [0, 0.1) is 11.8 Å². The van der Waals surface area contributed by atoms with E-state index in [1.807, 2.05) is 13.8 Å². The molecule has 0 aromatic heterocycles. The number of rotatable bonds is 1. The molecular weight excluding hydrogens is 215 g/mol. The minimum absolute atomic E-state index is 0. The Kier molecular flexibility index (Phi) is 5.10. The molecule has 1 aliphatic carbocycles. The molecule has 3 atom stereocenters. The van der Waals surface area contributed by atoms with Gasteiger partial charge in [-0.3, -0.25) is 0 Å². The molecule has 78 valence electrons. The number of aliphatic hydroxyl groups is 1. The molecule has 4 nitrogen and oxygen atoms in total. The van der Waals surface area contributed by atoms with Crippen molar-refractivity contribution in [2.75, 3.05) is 0 Å². The van der Waals surface area contributed by atoms with E-state index in [0.29, 0.717) is 12.3 Å². The number of hydrogen-bond acceptors (Lipinski definition) is 4. The SMILES string of the molecule is CC1CCC(O)(S(=O)(=O)[O-])CC1C.[Na+]. The van der Waals surface area contributed by atoms with E-state index in [0.717, 1.165) is 0 Å². The van der Waals surface area contributed by atoms with Gasteiger partial charge >= 0.3 is 29.6 Å². The standard InChI is InChI=1S/C8H16O4S.Na/c1-6-3-4-8(9,5-7(6)2)13(10,11)12;/h6-7,9H,3-5H2,1-2H3,(H,10,11,12);/q;+1/p-1. The van der Waals surface area contributed by atoms with E-state index in [4.69, 9.17) is 0 Å². The number of hydrogen-bond donors (Lipinski definition) is 1. The zero-order chi connectivity index (χ0) is 10.3. The Balaban J connectivity index is 0.00000169. The second kappa shape index (κ2) is 4.80. The summed E-state index contributed by atoms with van der Waals surface area (Å²) in [7, 11) is -4.58. The topological polar surface area (TPSA) is 77.4 Å². The quantitative estimate of drug-likeness (QED) is 0.405. The summed E-state index contributed by atoms with van der Waals surface area (Å²) >= 11 is 0. The van der Waals surface area contributed by atoms with Crippen LogP contribution >= 0.6 is 0 Å². The van der Waals surface area contributed by atoms with Gasteiger partial charge in [0.15, 0.2) is 4.93 Å². The van der Waals surface area contributed by atoms with Gasteiger partial charge in [-0.15, -0.1) is 0 Å². The molecule has 6 heteroatoms. The maximum absolute atomic E-state index is 10.8. The van der Waals surface area contributed by atoms with Gasteiger partial charge in [-0.2, -0.15) is 0 Å². The molecule has 0 spiro atoms. The Morgan fingerprint density at radius 2 is 1.86 bits per heavy atom. The second-order valence-corrected chi connectivity index (χ2v) is 5.77. The van der Waals surface area contributed by atoms with Crippen LogP contribution in [0.25, 0.3) is 0 Å². The molecule has 14 heavy (non-hydrogen) atoms. The van der Waals surface area contributed by atoms with Crippen molar-refractivity contribution in [2.24, 2.45) is 11.8 Å². The zero-order valence-electron chi connectivity index (χ0n) is 8.86. The predicted octanol–water partition coefficient (Wildman–Crippen LogP) is -2.32. The van der Waals surface area contributed by atoms with Crippen LogP contribution in [-0.4, -0.2) is 23.0 Å². The van der Waals surface area contributed by atoms with Gasteiger partial charge < -0.3 is 9.66 Å². The van der Waals surface area contributed by atoms with Gasteiger partial charge in [-0.1, -0.05) is 13.8 Å². The molecule has 0 aromatic carbocycles. The zero-order valence-corrected chi connectivity index (χ0v) is 11.7. The summed E-state index contributed by atoms with van der Waals surface area (Å²) in [4.78, 5) is -2.01. The summed E-state index contributed by atoms with van der Waals surface area (Å²) in [5.41, 5.74) is 0. The monoisotopic (exact) mass is 230 g/mol. The third-order valence-corrected chi connectivity index (χ3v) is 4.37. The van der Waals surface area contributed by atoms with Crippen LogP contribution in [0.3, 0.4) is 0 Å². The molecule has 0 heterocycles. The van der Waals surface area contributed by atoms with Crippen LogP contribution in [0.5, 0.6) is 0 Å². The Morgan fingerprint density at radius 3 is 2.21 bits per heavy atom. The van der Waals surface area contributed by atoms with Crippen LogP contribution in [0.4, 0.5) is 0 Å². The normalized spacial score (nSPS) is 38.9. The molecule has 0 amide bonds. The molecule has 0 bridgehead atoms. The second-order valence-electron chi connectivity index (χ2n) is 4.10. The summed E-state index contributed by atoms with van der Waals surface area (Å²) in [6.45, 7) is 3.86. The van der Waals surface area contributed by atoms with Crippen molar-refractivity contribution in [3.05, 3.63) is 0 Å². The maximum Gasteiger partial charge on any atom is 1.00 e. The first-order valence-electron chi connectivity index (χ1n) is 4.44. The van der Waals surface area contributed by atoms with Crippen LogP contribution in [0.2, 0.25) is 0 Å². The third-order valence-electron chi connectivity index (χ3n) is 3.07. The fraction of sp³-hybridized carbons (Fsp3) is 1.00. The first kappa shape index (κ1) is 14.9. The van der Waals surface area contributed by atoms with Crippen LogP contribution in [-0.2, 0) is 10.1 Å². The fourth-order valence-corrected chi connectivity index (χ4v) is 2.61. The van der Waals surface area contributed by atoms with E-state index in [1.165, 1.54) is 0 Å². The maximum atomic E-state index is 10.8. The molecule has 3 unspecified atom stereocenters. The van der Waals surface area contributed by atoms with E-state index in [1.54, 1.807) is 0 Å². The molecule has 1 aliphatic rings. The predicted molar refractivity (Wildman–Crippen MR) is 46.8 cm³/mol. The summed E-state index contributed by atoms with van der Waals surface area (Å²) in [5, 5.41) is 9.60. The third kappa shape index (κ3) is 2.93.